The van der Waals surface area contributed by atoms with Crippen molar-refractivity contribution in [2.75, 3.05) is 22.9 Å². The summed E-state index contributed by atoms with van der Waals surface area (Å²) in [4.78, 5) is 10.9. The van der Waals surface area contributed by atoms with Crippen LogP contribution in [0, 0.1) is 0 Å². The Morgan fingerprint density at radius 3 is 2.03 bits per heavy atom. The molecule has 178 valence electrons. The summed E-state index contributed by atoms with van der Waals surface area (Å²) in [5, 5.41) is 16.1. The quantitative estimate of drug-likeness (QED) is 0.331. The van der Waals surface area contributed by atoms with Gasteiger partial charge >= 0.3 is 5.97 Å². The van der Waals surface area contributed by atoms with Crippen LogP contribution in [-0.2, 0) is 21.4 Å². The van der Waals surface area contributed by atoms with E-state index in [0.717, 1.165) is 16.9 Å². The van der Waals surface area contributed by atoms with E-state index < -0.39 is 21.0 Å². The summed E-state index contributed by atoms with van der Waals surface area (Å²) in [6.07, 6.45) is 0.438. The van der Waals surface area contributed by atoms with Crippen LogP contribution in [0.15, 0.2) is 89.8 Å². The molecule has 9 heteroatoms. The molecule has 0 aromatic heterocycles. The minimum Gasteiger partial charge on any atom is -0.481 e. The number of fused-ring (bicyclic) bond motifs is 1. The molecule has 7 nitrogen and oxygen atoms in total. The molecule has 0 saturated heterocycles. The highest BCUT2D eigenvalue weighted by molar-refractivity contribution is 8.00. The van der Waals surface area contributed by atoms with Crippen LogP contribution in [0.1, 0.15) is 18.4 Å². The molecule has 0 radical (unpaired) electrons. The predicted molar refractivity (Wildman–Crippen MR) is 136 cm³/mol. The smallest absolute Gasteiger partial charge is 0.308 e. The molecule has 0 bridgehead atoms. The average Bonchev–Trinajstić information content (AvgIpc) is 3.19. The van der Waals surface area contributed by atoms with E-state index >= 15 is 0 Å². The minimum atomic E-state index is -3.68. The molecular weight excluding hydrogens is 470 g/mol. The zero-order chi connectivity index (χ0) is 24.0. The first-order valence-electron chi connectivity index (χ1n) is 11.0. The Bertz CT molecular complexity index is 1200. The molecule has 0 aliphatic carbocycles. The van der Waals surface area contributed by atoms with E-state index in [1.54, 1.807) is 30.3 Å². The van der Waals surface area contributed by atoms with Crippen molar-refractivity contribution in [1.29, 1.82) is 0 Å². The molecule has 0 fully saturated rings. The second-order valence-electron chi connectivity index (χ2n) is 8.03. The van der Waals surface area contributed by atoms with Crippen molar-refractivity contribution in [3.8, 4) is 0 Å². The van der Waals surface area contributed by atoms with E-state index in [1.165, 1.54) is 16.1 Å². The summed E-state index contributed by atoms with van der Waals surface area (Å²) in [7, 11) is -3.68. The second-order valence-corrected chi connectivity index (χ2v) is 11.4. The number of para-hydroxylation sites is 2. The largest absolute Gasteiger partial charge is 0.481 e. The third-order valence-corrected chi connectivity index (χ3v) is 8.68. The van der Waals surface area contributed by atoms with Gasteiger partial charge in [-0.05, 0) is 42.0 Å². The van der Waals surface area contributed by atoms with E-state index in [-0.39, 0.29) is 17.9 Å². The van der Waals surface area contributed by atoms with Gasteiger partial charge in [-0.2, -0.15) is 4.31 Å². The van der Waals surface area contributed by atoms with Gasteiger partial charge in [-0.3, -0.25) is 4.79 Å². The number of hydrogen-bond donors (Lipinski definition) is 3. The summed E-state index contributed by atoms with van der Waals surface area (Å²) in [6.45, 7) is 0.583. The van der Waals surface area contributed by atoms with Gasteiger partial charge in [0.2, 0.25) is 10.0 Å². The number of sulfonamides is 1. The van der Waals surface area contributed by atoms with Crippen LogP contribution in [0.4, 0.5) is 11.4 Å². The first kappa shape index (κ1) is 24.1. The molecule has 1 aliphatic heterocycles. The number of nitrogens with one attached hydrogen (secondary N) is 2. The summed E-state index contributed by atoms with van der Waals surface area (Å²) in [5.41, 5.74) is 2.62. The lowest BCUT2D eigenvalue weighted by Crippen LogP contribution is -2.41. The van der Waals surface area contributed by atoms with Gasteiger partial charge in [0.15, 0.2) is 4.99 Å². The molecular formula is C25H27N3O4S2. The maximum absolute atomic E-state index is 13.4. The molecule has 4 rings (SSSR count). The normalized spacial score (nSPS) is 14.3. The molecule has 0 amide bonds. The van der Waals surface area contributed by atoms with Gasteiger partial charge < -0.3 is 15.7 Å². The number of carboxylic acid groups (broad SMARTS) is 1. The first-order valence-corrected chi connectivity index (χ1v) is 13.4. The molecule has 0 spiro atoms. The van der Waals surface area contributed by atoms with E-state index in [2.05, 4.69) is 10.6 Å². The zero-order valence-electron chi connectivity index (χ0n) is 18.6. The fraction of sp³-hybridized carbons (Fsp3) is 0.240. The number of nitrogens with zero attached hydrogens (tertiary/aromatic N) is 1. The van der Waals surface area contributed by atoms with Crippen LogP contribution in [0.5, 0.6) is 0 Å². The number of anilines is 2. The Balaban J connectivity index is 1.45. The fourth-order valence-electron chi connectivity index (χ4n) is 3.89. The standard InChI is InChI=1S/C25H27N3O4S2/c29-24(30)18-25(26-22-14-7-8-15-23(22)27-25)33-17-9-16-28(19-20-10-3-1-4-11-20)34(31,32)21-12-5-2-6-13-21/h1-8,10-15,26-27H,9,16-19H2,(H,29,30). The summed E-state index contributed by atoms with van der Waals surface area (Å²) in [5.74, 6) is -0.352. The second kappa shape index (κ2) is 10.5. The van der Waals surface area contributed by atoms with Crippen molar-refractivity contribution in [2.24, 2.45) is 0 Å². The summed E-state index contributed by atoms with van der Waals surface area (Å²) < 4.78 is 28.2. The van der Waals surface area contributed by atoms with Gasteiger partial charge in [0.25, 0.3) is 0 Å². The Labute approximate surface area is 204 Å². The van der Waals surface area contributed by atoms with Crippen molar-refractivity contribution in [1.82, 2.24) is 4.31 Å². The van der Waals surface area contributed by atoms with Crippen LogP contribution >= 0.6 is 11.8 Å². The number of aliphatic carboxylic acids is 1. The van der Waals surface area contributed by atoms with Crippen LogP contribution in [0.25, 0.3) is 0 Å². The molecule has 0 saturated carbocycles. The third-order valence-electron chi connectivity index (χ3n) is 5.48. The fourth-order valence-corrected chi connectivity index (χ4v) is 6.59. The van der Waals surface area contributed by atoms with E-state index in [9.17, 15) is 18.3 Å². The highest BCUT2D eigenvalue weighted by Crippen LogP contribution is 2.41. The number of thioether (sulfide) groups is 1. The Morgan fingerprint density at radius 1 is 0.882 bits per heavy atom. The first-order chi connectivity index (χ1) is 16.4. The van der Waals surface area contributed by atoms with Crippen LogP contribution < -0.4 is 10.6 Å². The van der Waals surface area contributed by atoms with Gasteiger partial charge in [-0.1, -0.05) is 60.7 Å². The summed E-state index contributed by atoms with van der Waals surface area (Å²) in [6, 6.07) is 25.5. The lowest BCUT2D eigenvalue weighted by Gasteiger charge is -2.29. The molecule has 3 aromatic rings. The third kappa shape index (κ3) is 5.72. The van der Waals surface area contributed by atoms with Gasteiger partial charge in [-0.25, -0.2) is 8.42 Å². The number of carbonyl (C=O) groups is 1. The van der Waals surface area contributed by atoms with Crippen LogP contribution in [0.2, 0.25) is 0 Å². The topological polar surface area (TPSA) is 98.7 Å². The number of rotatable bonds is 11. The molecule has 0 unspecified atom stereocenters. The van der Waals surface area contributed by atoms with E-state index in [1.807, 2.05) is 54.6 Å². The van der Waals surface area contributed by atoms with Crippen molar-refractivity contribution < 1.29 is 18.3 Å². The maximum Gasteiger partial charge on any atom is 0.308 e. The Hall–Kier alpha value is -3.01. The van der Waals surface area contributed by atoms with Crippen LogP contribution in [0.3, 0.4) is 0 Å². The molecule has 34 heavy (non-hydrogen) atoms. The number of benzene rings is 3. The van der Waals surface area contributed by atoms with Gasteiger partial charge in [-0.15, -0.1) is 11.8 Å². The highest BCUT2D eigenvalue weighted by Gasteiger charge is 2.38. The van der Waals surface area contributed by atoms with Crippen LogP contribution in [-0.4, -0.2) is 41.1 Å². The van der Waals surface area contributed by atoms with Crippen molar-refractivity contribution in [2.45, 2.75) is 29.3 Å². The summed E-state index contributed by atoms with van der Waals surface area (Å²) >= 11 is 1.45. The highest BCUT2D eigenvalue weighted by atomic mass is 32.2. The van der Waals surface area contributed by atoms with Gasteiger partial charge in [0, 0.05) is 13.1 Å². The van der Waals surface area contributed by atoms with E-state index in [4.69, 9.17) is 0 Å². The molecule has 0 atom stereocenters. The van der Waals surface area contributed by atoms with Crippen molar-refractivity contribution >= 4 is 39.1 Å². The van der Waals surface area contributed by atoms with Crippen molar-refractivity contribution in [3.63, 3.8) is 0 Å². The maximum atomic E-state index is 13.4. The Kier molecular flexibility index (Phi) is 7.45. The van der Waals surface area contributed by atoms with Crippen molar-refractivity contribution in [3.05, 3.63) is 90.5 Å². The average molecular weight is 498 g/mol. The van der Waals surface area contributed by atoms with Gasteiger partial charge in [0.05, 0.1) is 22.7 Å². The molecule has 1 aliphatic rings. The predicted octanol–water partition coefficient (Wildman–Crippen LogP) is 4.67. The van der Waals surface area contributed by atoms with Gasteiger partial charge in [0.1, 0.15) is 0 Å². The molecule has 3 aromatic carbocycles. The molecule has 3 N–H and O–H groups in total. The van der Waals surface area contributed by atoms with E-state index in [0.29, 0.717) is 18.7 Å². The number of hydrogen-bond acceptors (Lipinski definition) is 6. The molecule has 1 heterocycles. The lowest BCUT2D eigenvalue weighted by atomic mass is 10.2. The Morgan fingerprint density at radius 2 is 1.44 bits per heavy atom. The zero-order valence-corrected chi connectivity index (χ0v) is 20.2. The minimum absolute atomic E-state index is 0.123. The monoisotopic (exact) mass is 497 g/mol. The SMILES string of the molecule is O=C(O)CC1(SCCCN(Cc2ccccc2)S(=O)(=O)c2ccccc2)Nc2ccccc2N1. The number of carboxylic acids is 1. The lowest BCUT2D eigenvalue weighted by molar-refractivity contribution is -0.137.